The summed E-state index contributed by atoms with van der Waals surface area (Å²) in [7, 11) is -3.00. The van der Waals surface area contributed by atoms with Gasteiger partial charge in [-0.05, 0) is 74.7 Å². The predicted octanol–water partition coefficient (Wildman–Crippen LogP) is 3.58. The van der Waals surface area contributed by atoms with Gasteiger partial charge in [0.15, 0.2) is 14.9 Å². The average molecular weight is 555 g/mol. The molecule has 5 rings (SSSR count). The fourth-order valence-electron chi connectivity index (χ4n) is 5.07. The number of aromatic nitrogens is 1. The summed E-state index contributed by atoms with van der Waals surface area (Å²) in [5.41, 5.74) is 3.72. The van der Waals surface area contributed by atoms with E-state index in [-0.39, 0.29) is 40.0 Å². The van der Waals surface area contributed by atoms with Crippen LogP contribution in [-0.4, -0.2) is 47.6 Å². The van der Waals surface area contributed by atoms with Crippen LogP contribution in [0.4, 0.5) is 24.5 Å². The second-order valence-electron chi connectivity index (χ2n) is 9.50. The highest BCUT2D eigenvalue weighted by molar-refractivity contribution is 7.91. The minimum absolute atomic E-state index is 0.0551. The minimum Gasteiger partial charge on any atom is -0.490 e. The summed E-state index contributed by atoms with van der Waals surface area (Å²) >= 11 is 5.64. The molecule has 3 aliphatic rings. The largest absolute Gasteiger partial charge is 0.490 e. The molecule has 8 nitrogen and oxygen atoms in total. The molecule has 0 unspecified atom stereocenters. The number of carbonyl (C=O) groups excluding carboxylic acids is 1. The van der Waals surface area contributed by atoms with Crippen molar-refractivity contribution < 1.29 is 31.1 Å². The first-order valence-electron chi connectivity index (χ1n) is 11.9. The number of alkyl halides is 3. The molecule has 2 saturated heterocycles. The minimum atomic E-state index is -4.69. The maximum Gasteiger partial charge on any atom is 0.418 e. The number of rotatable bonds is 5. The van der Waals surface area contributed by atoms with E-state index in [1.165, 1.54) is 6.20 Å². The number of ether oxygens (including phenoxy) is 1. The Hall–Kier alpha value is -2.77. The first-order valence-corrected chi connectivity index (χ1v) is 14.1. The van der Waals surface area contributed by atoms with Crippen LogP contribution >= 0.6 is 12.2 Å². The molecule has 198 valence electrons. The van der Waals surface area contributed by atoms with Gasteiger partial charge in [0.2, 0.25) is 0 Å². The molecule has 1 aromatic heterocycles. The average Bonchev–Trinajstić information content (AvgIpc) is 3.06. The molecule has 3 heterocycles. The molecule has 1 aromatic carbocycles. The lowest BCUT2D eigenvalue weighted by Crippen LogP contribution is -2.55. The monoisotopic (exact) mass is 554 g/mol. The van der Waals surface area contributed by atoms with E-state index >= 15 is 0 Å². The molecule has 2 aliphatic heterocycles. The van der Waals surface area contributed by atoms with Crippen LogP contribution in [0.2, 0.25) is 0 Å². The van der Waals surface area contributed by atoms with Crippen molar-refractivity contribution in [1.82, 2.24) is 4.98 Å². The molecule has 0 atom stereocenters. The third-order valence-corrected chi connectivity index (χ3v) is 9.29. The number of hydrogen-bond donors (Lipinski definition) is 1. The van der Waals surface area contributed by atoms with Gasteiger partial charge in [-0.15, -0.1) is 0 Å². The van der Waals surface area contributed by atoms with Gasteiger partial charge in [0.1, 0.15) is 17.4 Å². The van der Waals surface area contributed by atoms with Gasteiger partial charge in [0.25, 0.3) is 5.91 Å². The summed E-state index contributed by atoms with van der Waals surface area (Å²) in [5, 5.41) is 0.0753. The van der Waals surface area contributed by atoms with Crippen molar-refractivity contribution in [2.45, 2.75) is 56.5 Å². The maximum absolute atomic E-state index is 13.6. The molecule has 3 fully saturated rings. The maximum atomic E-state index is 13.6. The summed E-state index contributed by atoms with van der Waals surface area (Å²) in [5.74, 6) is 0.355. The van der Waals surface area contributed by atoms with Crippen molar-refractivity contribution in [1.29, 1.82) is 0 Å². The molecule has 0 radical (unpaired) electrons. The lowest BCUT2D eigenvalue weighted by atomic mass is 9.75. The summed E-state index contributed by atoms with van der Waals surface area (Å²) in [6.45, 7) is -0.394. The number of thiocarbonyl (C=S) groups is 1. The Morgan fingerprint density at radius 2 is 1.78 bits per heavy atom. The molecule has 1 saturated carbocycles. The third kappa shape index (κ3) is 4.57. The van der Waals surface area contributed by atoms with Crippen molar-refractivity contribution in [3.8, 4) is 5.75 Å². The van der Waals surface area contributed by atoms with Gasteiger partial charge in [-0.1, -0.05) is 0 Å². The predicted molar refractivity (Wildman–Crippen MR) is 135 cm³/mol. The Kier molecular flexibility index (Phi) is 6.44. The molecular weight excluding hydrogens is 529 g/mol. The Balaban J connectivity index is 1.42. The number of sulfone groups is 1. The summed E-state index contributed by atoms with van der Waals surface area (Å²) < 4.78 is 70.1. The highest BCUT2D eigenvalue weighted by atomic mass is 32.2. The molecule has 1 aliphatic carbocycles. The highest BCUT2D eigenvalue weighted by Crippen LogP contribution is 2.48. The number of amides is 1. The second-order valence-corrected chi connectivity index (χ2v) is 12.2. The van der Waals surface area contributed by atoms with Crippen molar-refractivity contribution >= 4 is 44.4 Å². The van der Waals surface area contributed by atoms with Crippen molar-refractivity contribution in [3.63, 3.8) is 0 Å². The summed E-state index contributed by atoms with van der Waals surface area (Å²) in [6.07, 6.45) is -1.05. The van der Waals surface area contributed by atoms with Crippen molar-refractivity contribution in [2.75, 3.05) is 21.3 Å². The number of pyridine rings is 1. The van der Waals surface area contributed by atoms with Gasteiger partial charge in [-0.3, -0.25) is 14.7 Å². The Bertz CT molecular complexity index is 1330. The van der Waals surface area contributed by atoms with E-state index in [1.807, 2.05) is 0 Å². The fraction of sp³-hybridized carbons (Fsp3) is 0.458. The number of benzene rings is 1. The van der Waals surface area contributed by atoms with Gasteiger partial charge in [0, 0.05) is 12.2 Å². The molecule has 13 heteroatoms. The van der Waals surface area contributed by atoms with Crippen molar-refractivity contribution in [2.24, 2.45) is 5.73 Å². The zero-order chi connectivity index (χ0) is 26.6. The van der Waals surface area contributed by atoms with E-state index in [0.717, 1.165) is 17.4 Å². The summed E-state index contributed by atoms with van der Waals surface area (Å²) in [4.78, 5) is 20.3. The topological polar surface area (TPSA) is 106 Å². The van der Waals surface area contributed by atoms with E-state index < -0.39 is 33.7 Å². The molecular formula is C24H25F3N4O4S2. The van der Waals surface area contributed by atoms with E-state index in [0.29, 0.717) is 37.1 Å². The zero-order valence-corrected chi connectivity index (χ0v) is 21.3. The number of halogens is 3. The van der Waals surface area contributed by atoms with Crippen molar-refractivity contribution in [3.05, 3.63) is 47.8 Å². The van der Waals surface area contributed by atoms with Crippen LogP contribution in [0.3, 0.4) is 0 Å². The van der Waals surface area contributed by atoms with Gasteiger partial charge in [0.05, 0.1) is 34.6 Å². The molecule has 2 aromatic rings. The summed E-state index contributed by atoms with van der Waals surface area (Å²) in [6, 6.07) is 7.81. The quantitative estimate of drug-likeness (QED) is 0.560. The SMILES string of the molecule is NCc1ncc(N2C(=O)C3(CCC3)N(c3ccc(OC4CCS(=O)(=O)CC4)cc3)C2=S)cc1C(F)(F)F. The van der Waals surface area contributed by atoms with Crippen LogP contribution in [0.25, 0.3) is 0 Å². The lowest BCUT2D eigenvalue weighted by molar-refractivity contribution is -0.138. The Morgan fingerprint density at radius 1 is 1.14 bits per heavy atom. The van der Waals surface area contributed by atoms with Crippen LogP contribution in [0.15, 0.2) is 36.5 Å². The molecule has 1 spiro atoms. The number of anilines is 2. The fourth-order valence-corrected chi connectivity index (χ4v) is 6.99. The van der Waals surface area contributed by atoms with Crippen LogP contribution < -0.4 is 20.3 Å². The molecule has 37 heavy (non-hydrogen) atoms. The van der Waals surface area contributed by atoms with Crippen LogP contribution in [0, 0.1) is 0 Å². The zero-order valence-electron chi connectivity index (χ0n) is 19.7. The third-order valence-electron chi connectivity index (χ3n) is 7.20. The number of nitrogens with zero attached hydrogens (tertiary/aromatic N) is 3. The molecule has 1 amide bonds. The normalized spacial score (nSPS) is 21.4. The van der Waals surface area contributed by atoms with E-state index in [1.54, 1.807) is 29.2 Å². The first kappa shape index (κ1) is 25.9. The number of carbonyl (C=O) groups is 1. The van der Waals surface area contributed by atoms with Gasteiger partial charge in [-0.2, -0.15) is 13.2 Å². The molecule has 2 N–H and O–H groups in total. The Labute approximate surface area is 217 Å². The van der Waals surface area contributed by atoms with Crippen LogP contribution in [0.1, 0.15) is 43.4 Å². The second kappa shape index (κ2) is 9.21. The number of nitrogens with two attached hydrogens (primary N) is 1. The van der Waals surface area contributed by atoms with Gasteiger partial charge in [-0.25, -0.2) is 8.42 Å². The van der Waals surface area contributed by atoms with Crippen LogP contribution in [0.5, 0.6) is 5.75 Å². The lowest BCUT2D eigenvalue weighted by Gasteiger charge is -2.43. The highest BCUT2D eigenvalue weighted by Gasteiger charge is 2.59. The standard InChI is InChI=1S/C24H25F3N4O4S2/c25-24(26,27)19-12-16(14-29-20(19)13-28)30-21(32)23(8-1-9-23)31(22(30)36)15-2-4-17(5-3-15)35-18-6-10-37(33,34)11-7-18/h2-5,12,14,18H,1,6-11,13,28H2. The van der Waals surface area contributed by atoms with Crippen LogP contribution in [-0.2, 0) is 27.4 Å². The van der Waals surface area contributed by atoms with Gasteiger partial charge < -0.3 is 15.4 Å². The van der Waals surface area contributed by atoms with E-state index in [2.05, 4.69) is 4.98 Å². The van der Waals surface area contributed by atoms with E-state index in [9.17, 15) is 26.4 Å². The smallest absolute Gasteiger partial charge is 0.418 e. The number of hydrogen-bond acceptors (Lipinski definition) is 7. The van der Waals surface area contributed by atoms with E-state index in [4.69, 9.17) is 22.7 Å². The Morgan fingerprint density at radius 3 is 2.32 bits per heavy atom. The molecule has 0 bridgehead atoms. The first-order chi connectivity index (χ1) is 17.4. The van der Waals surface area contributed by atoms with Gasteiger partial charge >= 0.3 is 6.18 Å².